The first-order valence-electron chi connectivity index (χ1n) is 3.84. The minimum absolute atomic E-state index is 0.0720. The molecular formula is C9H9Cl2NO2. The van der Waals surface area contributed by atoms with E-state index in [1.54, 1.807) is 12.1 Å². The highest BCUT2D eigenvalue weighted by Gasteiger charge is 2.09. The first-order chi connectivity index (χ1) is 6.54. The number of amides is 1. The highest BCUT2D eigenvalue weighted by molar-refractivity contribution is 6.34. The number of hydrogen-bond acceptors (Lipinski definition) is 2. The van der Waals surface area contributed by atoms with Crippen LogP contribution in [-0.2, 0) is 11.2 Å². The SMILES string of the molecule is COc1cc(Cl)c(CC(N)=O)cc1Cl. The molecule has 0 radical (unpaired) electrons. The molecule has 1 rings (SSSR count). The van der Waals surface area contributed by atoms with Crippen LogP contribution in [0.1, 0.15) is 5.56 Å². The molecule has 0 unspecified atom stereocenters. The van der Waals surface area contributed by atoms with Crippen LogP contribution in [-0.4, -0.2) is 13.0 Å². The lowest BCUT2D eigenvalue weighted by Crippen LogP contribution is -2.13. The molecule has 2 N–H and O–H groups in total. The molecule has 3 nitrogen and oxygen atoms in total. The van der Waals surface area contributed by atoms with E-state index in [1.165, 1.54) is 7.11 Å². The summed E-state index contributed by atoms with van der Waals surface area (Å²) in [5, 5.41) is 0.832. The van der Waals surface area contributed by atoms with E-state index in [0.717, 1.165) is 0 Å². The number of primary amides is 1. The minimum atomic E-state index is -0.451. The van der Waals surface area contributed by atoms with Gasteiger partial charge < -0.3 is 10.5 Å². The average Bonchev–Trinajstić information content (AvgIpc) is 2.10. The Hall–Kier alpha value is -0.930. The van der Waals surface area contributed by atoms with Crippen LogP contribution in [0.25, 0.3) is 0 Å². The fraction of sp³-hybridized carbons (Fsp3) is 0.222. The molecule has 0 aliphatic heterocycles. The monoisotopic (exact) mass is 233 g/mol. The quantitative estimate of drug-likeness (QED) is 0.869. The molecular weight excluding hydrogens is 225 g/mol. The highest BCUT2D eigenvalue weighted by Crippen LogP contribution is 2.30. The molecule has 5 heteroatoms. The van der Waals surface area contributed by atoms with E-state index in [1.807, 2.05) is 0 Å². The van der Waals surface area contributed by atoms with Crippen LogP contribution in [0.5, 0.6) is 5.75 Å². The highest BCUT2D eigenvalue weighted by atomic mass is 35.5. The molecule has 76 valence electrons. The van der Waals surface area contributed by atoms with Gasteiger partial charge in [0.15, 0.2) is 0 Å². The van der Waals surface area contributed by atoms with Crippen molar-refractivity contribution in [2.75, 3.05) is 7.11 Å². The van der Waals surface area contributed by atoms with Crippen LogP contribution >= 0.6 is 23.2 Å². The summed E-state index contributed by atoms with van der Waals surface area (Å²) in [7, 11) is 1.49. The van der Waals surface area contributed by atoms with Crippen LogP contribution in [0.4, 0.5) is 0 Å². The lowest BCUT2D eigenvalue weighted by Gasteiger charge is -2.07. The number of ether oxygens (including phenoxy) is 1. The minimum Gasteiger partial charge on any atom is -0.495 e. The van der Waals surface area contributed by atoms with E-state index >= 15 is 0 Å². The van der Waals surface area contributed by atoms with E-state index in [0.29, 0.717) is 21.4 Å². The molecule has 0 bridgehead atoms. The van der Waals surface area contributed by atoms with Gasteiger partial charge in [-0.3, -0.25) is 4.79 Å². The maximum absolute atomic E-state index is 10.7. The number of carbonyl (C=O) groups is 1. The average molecular weight is 234 g/mol. The maximum atomic E-state index is 10.7. The fourth-order valence-corrected chi connectivity index (χ4v) is 1.53. The van der Waals surface area contributed by atoms with E-state index in [4.69, 9.17) is 33.7 Å². The van der Waals surface area contributed by atoms with Gasteiger partial charge in [-0.15, -0.1) is 0 Å². The number of rotatable bonds is 3. The molecule has 0 spiro atoms. The Labute approximate surface area is 91.7 Å². The van der Waals surface area contributed by atoms with Gasteiger partial charge in [0.2, 0.25) is 5.91 Å². The molecule has 0 aliphatic carbocycles. The van der Waals surface area contributed by atoms with Crippen molar-refractivity contribution in [2.24, 2.45) is 5.73 Å². The van der Waals surface area contributed by atoms with Gasteiger partial charge in [0.05, 0.1) is 18.6 Å². The summed E-state index contributed by atoms with van der Waals surface area (Å²) < 4.78 is 4.95. The van der Waals surface area contributed by atoms with Crippen molar-refractivity contribution in [3.63, 3.8) is 0 Å². The van der Waals surface area contributed by atoms with Crippen molar-refractivity contribution in [3.05, 3.63) is 27.7 Å². The summed E-state index contributed by atoms with van der Waals surface area (Å²) in [4.78, 5) is 10.7. The van der Waals surface area contributed by atoms with Gasteiger partial charge in [-0.1, -0.05) is 23.2 Å². The van der Waals surface area contributed by atoms with Crippen LogP contribution in [0.2, 0.25) is 10.0 Å². The second-order valence-corrected chi connectivity index (χ2v) is 3.54. The molecule has 0 aromatic heterocycles. The van der Waals surface area contributed by atoms with E-state index in [9.17, 15) is 4.79 Å². The Morgan fingerprint density at radius 2 is 2.07 bits per heavy atom. The molecule has 0 saturated carbocycles. The predicted octanol–water partition coefficient (Wildman–Crippen LogP) is 2.03. The lowest BCUT2D eigenvalue weighted by molar-refractivity contribution is -0.117. The first-order valence-corrected chi connectivity index (χ1v) is 4.60. The van der Waals surface area contributed by atoms with Crippen molar-refractivity contribution >= 4 is 29.1 Å². The standard InChI is InChI=1S/C9H9Cl2NO2/c1-14-8-4-6(10)5(2-7(8)11)3-9(12)13/h2,4H,3H2,1H3,(H2,12,13). The zero-order valence-electron chi connectivity index (χ0n) is 7.51. The van der Waals surface area contributed by atoms with Crippen LogP contribution < -0.4 is 10.5 Å². The van der Waals surface area contributed by atoms with Gasteiger partial charge in [-0.2, -0.15) is 0 Å². The first kappa shape index (κ1) is 11.1. The topological polar surface area (TPSA) is 52.3 Å². The smallest absolute Gasteiger partial charge is 0.221 e. The van der Waals surface area contributed by atoms with Gasteiger partial charge in [-0.25, -0.2) is 0 Å². The van der Waals surface area contributed by atoms with E-state index < -0.39 is 5.91 Å². The predicted molar refractivity (Wildman–Crippen MR) is 55.9 cm³/mol. The maximum Gasteiger partial charge on any atom is 0.221 e. The molecule has 1 aromatic carbocycles. The van der Waals surface area contributed by atoms with Gasteiger partial charge in [-0.05, 0) is 11.6 Å². The van der Waals surface area contributed by atoms with E-state index in [2.05, 4.69) is 0 Å². The Morgan fingerprint density at radius 3 is 2.57 bits per heavy atom. The molecule has 0 saturated heterocycles. The van der Waals surface area contributed by atoms with Crippen molar-refractivity contribution in [1.29, 1.82) is 0 Å². The third-order valence-corrected chi connectivity index (χ3v) is 2.33. The summed E-state index contributed by atoms with van der Waals surface area (Å²) >= 11 is 11.7. The second kappa shape index (κ2) is 4.53. The normalized spacial score (nSPS) is 9.93. The molecule has 0 heterocycles. The lowest BCUT2D eigenvalue weighted by atomic mass is 10.1. The van der Waals surface area contributed by atoms with Gasteiger partial charge >= 0.3 is 0 Å². The largest absolute Gasteiger partial charge is 0.495 e. The number of halogens is 2. The van der Waals surface area contributed by atoms with Gasteiger partial charge in [0.25, 0.3) is 0 Å². The fourth-order valence-electron chi connectivity index (χ4n) is 1.05. The zero-order valence-corrected chi connectivity index (χ0v) is 9.02. The summed E-state index contributed by atoms with van der Waals surface area (Å²) in [6.45, 7) is 0. The number of benzene rings is 1. The number of methoxy groups -OCH3 is 1. The van der Waals surface area contributed by atoms with Crippen molar-refractivity contribution in [1.82, 2.24) is 0 Å². The molecule has 0 aliphatic rings. The third kappa shape index (κ3) is 2.53. The molecule has 0 fully saturated rings. The van der Waals surface area contributed by atoms with Crippen LogP contribution in [0.15, 0.2) is 12.1 Å². The third-order valence-electron chi connectivity index (χ3n) is 1.69. The number of nitrogens with two attached hydrogens (primary N) is 1. The van der Waals surface area contributed by atoms with Crippen LogP contribution in [0, 0.1) is 0 Å². The van der Waals surface area contributed by atoms with Crippen molar-refractivity contribution in [3.8, 4) is 5.75 Å². The Bertz CT molecular complexity index is 366. The van der Waals surface area contributed by atoms with Crippen molar-refractivity contribution < 1.29 is 9.53 Å². The second-order valence-electron chi connectivity index (χ2n) is 2.72. The molecule has 14 heavy (non-hydrogen) atoms. The summed E-state index contributed by atoms with van der Waals surface area (Å²) in [6.07, 6.45) is 0.0720. The summed E-state index contributed by atoms with van der Waals surface area (Å²) in [6, 6.07) is 3.13. The Morgan fingerprint density at radius 1 is 1.43 bits per heavy atom. The Kier molecular flexibility index (Phi) is 3.61. The number of carbonyl (C=O) groups excluding carboxylic acids is 1. The molecule has 1 aromatic rings. The zero-order chi connectivity index (χ0) is 10.7. The van der Waals surface area contributed by atoms with Crippen LogP contribution in [0.3, 0.4) is 0 Å². The summed E-state index contributed by atoms with van der Waals surface area (Å²) in [5.41, 5.74) is 5.64. The number of hydrogen-bond donors (Lipinski definition) is 1. The van der Waals surface area contributed by atoms with Gasteiger partial charge in [0, 0.05) is 11.1 Å². The molecule has 1 amide bonds. The van der Waals surface area contributed by atoms with Gasteiger partial charge in [0.1, 0.15) is 5.75 Å². The Balaban J connectivity index is 3.08. The summed E-state index contributed by atoms with van der Waals surface area (Å²) in [5.74, 6) is 0.0259. The molecule has 0 atom stereocenters. The van der Waals surface area contributed by atoms with E-state index in [-0.39, 0.29) is 6.42 Å². The van der Waals surface area contributed by atoms with Crippen molar-refractivity contribution in [2.45, 2.75) is 6.42 Å².